The van der Waals surface area contributed by atoms with Crippen molar-refractivity contribution in [2.24, 2.45) is 5.92 Å². The van der Waals surface area contributed by atoms with E-state index in [1.807, 2.05) is 4.72 Å². The van der Waals surface area contributed by atoms with Crippen molar-refractivity contribution in [1.29, 1.82) is 0 Å². The smallest absolute Gasteiger partial charge is 0.408 e. The number of unbranched alkanes of at least 4 members (excludes halogenated alkanes) is 4. The molecule has 2 rings (SSSR count). The molecule has 2 aliphatic rings. The number of amides is 3. The van der Waals surface area contributed by atoms with Crippen LogP contribution in [0.4, 0.5) is 4.79 Å². The first kappa shape index (κ1) is 33.8. The van der Waals surface area contributed by atoms with E-state index in [-0.39, 0.29) is 24.9 Å². The van der Waals surface area contributed by atoms with Crippen LogP contribution in [0.25, 0.3) is 0 Å². The zero-order valence-corrected chi connectivity index (χ0v) is 25.9. The molecule has 1 unspecified atom stereocenters. The summed E-state index contributed by atoms with van der Waals surface area (Å²) in [6.07, 6.45) is 6.62. The van der Waals surface area contributed by atoms with Gasteiger partial charge in [-0.05, 0) is 60.8 Å². The first-order valence-electron chi connectivity index (χ1n) is 14.4. The summed E-state index contributed by atoms with van der Waals surface area (Å²) in [5.74, 6) is -1.81. The molecule has 0 heterocycles. The Kier molecular flexibility index (Phi) is 11.4. The van der Waals surface area contributed by atoms with E-state index < -0.39 is 51.0 Å². The van der Waals surface area contributed by atoms with Crippen LogP contribution in [0.15, 0.2) is 0 Å². The molecule has 13 heteroatoms. The van der Waals surface area contributed by atoms with E-state index in [4.69, 9.17) is 8.92 Å². The Morgan fingerprint density at radius 1 is 1.12 bits per heavy atom. The Balaban J connectivity index is 2.15. The van der Waals surface area contributed by atoms with Gasteiger partial charge >= 0.3 is 28.2 Å². The molecule has 0 aliphatic heterocycles. The van der Waals surface area contributed by atoms with Gasteiger partial charge in [0, 0.05) is 18.9 Å². The average Bonchev–Trinajstić information content (AvgIpc) is 3.73. The lowest BCUT2D eigenvalue weighted by Crippen LogP contribution is -2.88. The summed E-state index contributed by atoms with van der Waals surface area (Å²) in [4.78, 5) is 42.3. The van der Waals surface area contributed by atoms with Gasteiger partial charge in [-0.25, -0.2) is 13.7 Å². The topological polar surface area (TPSA) is 165 Å². The minimum Gasteiger partial charge on any atom is -0.462 e. The minimum absolute atomic E-state index is 0.199. The van der Waals surface area contributed by atoms with Crippen molar-refractivity contribution in [2.75, 3.05) is 13.1 Å². The average molecular weight is 590 g/mol. The lowest BCUT2D eigenvalue weighted by Gasteiger charge is -2.26. The van der Waals surface area contributed by atoms with E-state index in [1.165, 1.54) is 4.90 Å². The molecule has 40 heavy (non-hydrogen) atoms. The van der Waals surface area contributed by atoms with Gasteiger partial charge in [0.2, 0.25) is 11.4 Å². The molecule has 0 aromatic carbocycles. The maximum Gasteiger partial charge on any atom is 0.408 e. The number of nitrogens with one attached hydrogen (secondary N) is 3. The third-order valence-corrected chi connectivity index (χ3v) is 8.36. The van der Waals surface area contributed by atoms with Crippen molar-refractivity contribution in [2.45, 2.75) is 129 Å². The molecule has 2 fully saturated rings. The highest BCUT2D eigenvalue weighted by molar-refractivity contribution is 7.85. The number of carbonyl (C=O) groups is 3. The van der Waals surface area contributed by atoms with Crippen LogP contribution >= 0.6 is 0 Å². The van der Waals surface area contributed by atoms with Gasteiger partial charge in [-0.1, -0.05) is 39.0 Å². The van der Waals surface area contributed by atoms with E-state index in [0.29, 0.717) is 25.7 Å². The standard InChI is InChI=1S/C27H48N4O8S/c1-8-10-11-12-13-14-20-17-27(20,23(34)30-40(36,37)39-26(7)15-16-26)29-22(33)19(3)31(9-2)21(32)18-28-24(35)38-25(4,5)6/h19-20H,8-18H2,1-7H3,(H,28,35)(H,29,33)(H,30,34)/p+1/t19-,20?,27+/m0/s1. The SMILES string of the molecule is CCCCCCCC1C[C@]1([NH+]=C(O)[C@H](C)N(CC)C(=O)CNC(=O)OC(C)(C)C)C(=O)NS(=O)(=O)OC1(C)CC1. The van der Waals surface area contributed by atoms with Crippen LogP contribution in [-0.2, 0) is 28.8 Å². The Labute approximate surface area is 238 Å². The molecule has 0 radical (unpaired) electrons. The number of likely N-dealkylation sites (N-methyl/N-ethyl adjacent to an activating group) is 1. The molecule has 0 aromatic rings. The van der Waals surface area contributed by atoms with Crippen molar-refractivity contribution in [3.05, 3.63) is 0 Å². The third kappa shape index (κ3) is 10.2. The second-order valence-corrected chi connectivity index (χ2v) is 13.5. The van der Waals surface area contributed by atoms with Crippen LogP contribution in [0, 0.1) is 5.92 Å². The number of aliphatic hydroxyl groups is 1. The summed E-state index contributed by atoms with van der Waals surface area (Å²) in [7, 11) is -4.34. The van der Waals surface area contributed by atoms with Crippen LogP contribution in [0.2, 0.25) is 0 Å². The molecule has 2 saturated carbocycles. The van der Waals surface area contributed by atoms with E-state index in [2.05, 4.69) is 17.2 Å². The number of ether oxygens (including phenoxy) is 1. The van der Waals surface area contributed by atoms with Crippen molar-refractivity contribution in [1.82, 2.24) is 14.9 Å². The first-order chi connectivity index (χ1) is 18.5. The van der Waals surface area contributed by atoms with Gasteiger partial charge in [0.05, 0.1) is 5.60 Å². The fraction of sp³-hybridized carbons (Fsp3) is 0.852. The lowest BCUT2D eigenvalue weighted by atomic mass is 10.1. The highest BCUT2D eigenvalue weighted by Gasteiger charge is 2.67. The molecular weight excluding hydrogens is 540 g/mol. The summed E-state index contributed by atoms with van der Waals surface area (Å²) < 4.78 is 37.4. The Morgan fingerprint density at radius 3 is 2.30 bits per heavy atom. The number of nitrogens with zero attached hydrogens (tertiary/aromatic N) is 1. The van der Waals surface area contributed by atoms with Gasteiger partial charge in [0.25, 0.3) is 0 Å². The third-order valence-electron chi connectivity index (χ3n) is 7.31. The first-order valence-corrected chi connectivity index (χ1v) is 15.8. The predicted molar refractivity (Wildman–Crippen MR) is 150 cm³/mol. The largest absolute Gasteiger partial charge is 0.462 e. The summed E-state index contributed by atoms with van der Waals surface area (Å²) in [6, 6.07) is -0.869. The molecule has 3 atom stereocenters. The molecule has 0 spiro atoms. The van der Waals surface area contributed by atoms with Gasteiger partial charge < -0.3 is 20.1 Å². The molecular formula is C27H49N4O8S+. The molecule has 0 bridgehead atoms. The molecule has 0 saturated heterocycles. The van der Waals surface area contributed by atoms with Gasteiger partial charge in [-0.3, -0.25) is 9.59 Å². The number of hydrogen-bond acceptors (Lipinski definition) is 7. The van der Waals surface area contributed by atoms with Gasteiger partial charge in [0.15, 0.2) is 6.04 Å². The van der Waals surface area contributed by atoms with Crippen LogP contribution in [0.5, 0.6) is 0 Å². The predicted octanol–water partition coefficient (Wildman–Crippen LogP) is 1.83. The Hall–Kier alpha value is -2.41. The Bertz CT molecular complexity index is 1050. The maximum atomic E-state index is 13.3. The number of aliphatic hydroxyl groups excluding tert-OH is 1. The summed E-state index contributed by atoms with van der Waals surface area (Å²) >= 11 is 0. The van der Waals surface area contributed by atoms with Crippen LogP contribution < -0.4 is 15.0 Å². The van der Waals surface area contributed by atoms with Crippen LogP contribution in [0.3, 0.4) is 0 Å². The van der Waals surface area contributed by atoms with Crippen molar-refractivity contribution in [3.63, 3.8) is 0 Å². The number of carbonyl (C=O) groups excluding carboxylic acids is 3. The summed E-state index contributed by atoms with van der Waals surface area (Å²) in [6.45, 7) is 12.1. The zero-order chi connectivity index (χ0) is 30.4. The van der Waals surface area contributed by atoms with E-state index in [0.717, 1.165) is 32.1 Å². The molecule has 3 amide bonds. The fourth-order valence-electron chi connectivity index (χ4n) is 4.62. The van der Waals surface area contributed by atoms with Crippen molar-refractivity contribution >= 4 is 34.1 Å². The quantitative estimate of drug-likeness (QED) is 0.120. The number of alkyl carbamates (subject to hydrolysis) is 1. The minimum atomic E-state index is -4.34. The van der Waals surface area contributed by atoms with E-state index in [1.54, 1.807) is 41.5 Å². The fourth-order valence-corrected chi connectivity index (χ4v) is 5.77. The second-order valence-electron chi connectivity index (χ2n) is 12.2. The van der Waals surface area contributed by atoms with E-state index in [9.17, 15) is 27.9 Å². The zero-order valence-electron chi connectivity index (χ0n) is 25.1. The van der Waals surface area contributed by atoms with Gasteiger partial charge in [0.1, 0.15) is 12.1 Å². The molecule has 4 N–H and O–H groups in total. The molecule has 12 nitrogen and oxygen atoms in total. The summed E-state index contributed by atoms with van der Waals surface area (Å²) in [5, 5.41) is 13.4. The Morgan fingerprint density at radius 2 is 1.75 bits per heavy atom. The maximum absolute atomic E-state index is 13.3. The second kappa shape index (κ2) is 13.5. The number of hydrogen-bond donors (Lipinski definition) is 4. The molecule has 0 aromatic heterocycles. The van der Waals surface area contributed by atoms with E-state index >= 15 is 0 Å². The highest BCUT2D eigenvalue weighted by Crippen LogP contribution is 2.44. The monoisotopic (exact) mass is 589 g/mol. The van der Waals surface area contributed by atoms with Crippen LogP contribution in [0.1, 0.15) is 106 Å². The van der Waals surface area contributed by atoms with Crippen molar-refractivity contribution < 1.29 is 41.8 Å². The normalized spacial score (nSPS) is 22.7. The molecule has 2 aliphatic carbocycles. The van der Waals surface area contributed by atoms with Gasteiger partial charge in [-0.2, -0.15) is 13.4 Å². The summed E-state index contributed by atoms with van der Waals surface area (Å²) in [5.41, 5.74) is -2.87. The van der Waals surface area contributed by atoms with Gasteiger partial charge in [-0.15, -0.1) is 0 Å². The lowest BCUT2D eigenvalue weighted by molar-refractivity contribution is -0.518. The molecule has 230 valence electrons. The number of rotatable bonds is 16. The van der Waals surface area contributed by atoms with Crippen LogP contribution in [-0.4, -0.2) is 78.1 Å². The highest BCUT2D eigenvalue weighted by atomic mass is 32.2. The van der Waals surface area contributed by atoms with Crippen molar-refractivity contribution in [3.8, 4) is 0 Å².